The van der Waals surface area contributed by atoms with Gasteiger partial charge in [-0.25, -0.2) is 4.57 Å². The molecule has 0 aromatic heterocycles. The molecule has 0 aliphatic rings. The monoisotopic (exact) mass is 918 g/mol. The fourth-order valence-corrected chi connectivity index (χ4v) is 8.73. The second-order valence-corrected chi connectivity index (χ2v) is 19.8. The number of carboxylic acid groups (broad SMARTS) is 1. The Bertz CT molecular complexity index is 1080. The normalized spacial score (nSPS) is 13.5. The van der Waals surface area contributed by atoms with Gasteiger partial charge >= 0.3 is 25.7 Å². The number of phosphoric ester groups is 1. The molecule has 0 saturated carbocycles. The molecule has 0 aromatic rings. The molecule has 0 spiro atoms. The van der Waals surface area contributed by atoms with E-state index < -0.39 is 51.1 Å². The van der Waals surface area contributed by atoms with Gasteiger partial charge in [0, 0.05) is 12.8 Å². The predicted octanol–water partition coefficient (Wildman–Crippen LogP) is 15.0. The second kappa shape index (κ2) is 47.0. The molecule has 0 rings (SSSR count). The van der Waals surface area contributed by atoms with Gasteiger partial charge in [0.2, 0.25) is 0 Å². The van der Waals surface area contributed by atoms with Crippen LogP contribution in [0.1, 0.15) is 277 Å². The van der Waals surface area contributed by atoms with Crippen LogP contribution in [0.4, 0.5) is 0 Å². The summed E-state index contributed by atoms with van der Waals surface area (Å²) in [6, 6.07) is -1.52. The molecule has 0 aromatic carbocycles. The Morgan fingerprint density at radius 2 is 0.698 bits per heavy atom. The van der Waals surface area contributed by atoms with Gasteiger partial charge in [-0.15, -0.1) is 0 Å². The van der Waals surface area contributed by atoms with Crippen molar-refractivity contribution in [2.75, 3.05) is 19.8 Å². The van der Waals surface area contributed by atoms with Crippen molar-refractivity contribution in [1.29, 1.82) is 0 Å². The van der Waals surface area contributed by atoms with Gasteiger partial charge in [0.1, 0.15) is 12.6 Å². The number of rotatable bonds is 51. The minimum atomic E-state index is -4.71. The Kier molecular flexibility index (Phi) is 45.9. The van der Waals surface area contributed by atoms with E-state index in [9.17, 15) is 23.8 Å². The first kappa shape index (κ1) is 61.5. The largest absolute Gasteiger partial charge is 0.480 e. The summed E-state index contributed by atoms with van der Waals surface area (Å²) in [6.07, 6.45) is 48.8. The van der Waals surface area contributed by atoms with Crippen LogP contribution in [-0.4, -0.2) is 59.9 Å². The molecule has 11 nitrogen and oxygen atoms in total. The number of hydrogen-bond donors (Lipinski definition) is 3. The summed E-state index contributed by atoms with van der Waals surface area (Å²) in [5, 5.41) is 8.92. The lowest BCUT2D eigenvalue weighted by molar-refractivity contribution is -0.161. The average Bonchev–Trinajstić information content (AvgIpc) is 3.26. The molecule has 0 bridgehead atoms. The third-order valence-electron chi connectivity index (χ3n) is 12.1. The van der Waals surface area contributed by atoms with Crippen molar-refractivity contribution >= 4 is 25.7 Å². The Balaban J connectivity index is 4.16. The van der Waals surface area contributed by atoms with Crippen molar-refractivity contribution in [2.45, 2.75) is 289 Å². The number of aliphatic carboxylic acids is 1. The molecule has 0 heterocycles. The van der Waals surface area contributed by atoms with E-state index in [2.05, 4.69) is 13.8 Å². The molecule has 1 unspecified atom stereocenters. The molecule has 63 heavy (non-hydrogen) atoms. The van der Waals surface area contributed by atoms with Gasteiger partial charge in [-0.2, -0.15) is 0 Å². The number of phosphoric acid groups is 1. The van der Waals surface area contributed by atoms with Crippen LogP contribution in [0.3, 0.4) is 0 Å². The van der Waals surface area contributed by atoms with Crippen molar-refractivity contribution < 1.29 is 47.5 Å². The molecule has 0 aliphatic heterocycles. The Hall–Kier alpha value is -1.52. The predicted molar refractivity (Wildman–Crippen MR) is 259 cm³/mol. The summed E-state index contributed by atoms with van der Waals surface area (Å²) in [5.74, 6) is -2.35. The highest BCUT2D eigenvalue weighted by molar-refractivity contribution is 7.47. The molecule has 374 valence electrons. The summed E-state index contributed by atoms with van der Waals surface area (Å²) < 4.78 is 32.9. The van der Waals surface area contributed by atoms with Crippen LogP contribution in [0.5, 0.6) is 0 Å². The van der Waals surface area contributed by atoms with Gasteiger partial charge in [-0.05, 0) is 12.8 Å². The first-order valence-electron chi connectivity index (χ1n) is 26.6. The van der Waals surface area contributed by atoms with Crippen LogP contribution in [-0.2, 0) is 37.5 Å². The molecule has 12 heteroatoms. The van der Waals surface area contributed by atoms with Crippen LogP contribution >= 0.6 is 7.82 Å². The van der Waals surface area contributed by atoms with Crippen LogP contribution in [0.15, 0.2) is 0 Å². The number of ether oxygens (including phenoxy) is 2. The van der Waals surface area contributed by atoms with Crippen LogP contribution in [0, 0.1) is 0 Å². The lowest BCUT2D eigenvalue weighted by Gasteiger charge is -2.20. The number of nitrogens with two attached hydrogens (primary N) is 1. The second-order valence-electron chi connectivity index (χ2n) is 18.4. The fourth-order valence-electron chi connectivity index (χ4n) is 7.95. The standard InChI is InChI=1S/C51H100NO10P/c1-3-5-7-9-11-13-15-17-19-21-22-23-24-25-27-29-31-33-35-37-39-41-43-50(54)62-47(45-60-63(57,58)61-46-48(52)51(55)56)44-59-49(53)42-40-38-36-34-32-30-28-26-20-18-16-14-12-10-8-6-4-2/h47-48H,3-46,52H2,1-2H3,(H,55,56)(H,57,58)/t47-,48+/m1/s1. The fraction of sp³-hybridized carbons (Fsp3) is 0.941. The summed E-state index contributed by atoms with van der Waals surface area (Å²) in [7, 11) is -4.71. The van der Waals surface area contributed by atoms with Gasteiger partial charge < -0.3 is 25.2 Å². The van der Waals surface area contributed by atoms with Gasteiger partial charge in [0.05, 0.1) is 13.2 Å². The average molecular weight is 918 g/mol. The minimum Gasteiger partial charge on any atom is -0.480 e. The highest BCUT2D eigenvalue weighted by atomic mass is 31.2. The zero-order chi connectivity index (χ0) is 46.3. The summed E-state index contributed by atoms with van der Waals surface area (Å²) in [4.78, 5) is 46.2. The maximum atomic E-state index is 12.7. The number of hydrogen-bond acceptors (Lipinski definition) is 9. The van der Waals surface area contributed by atoms with Gasteiger partial charge in [-0.1, -0.05) is 251 Å². The topological polar surface area (TPSA) is 172 Å². The maximum Gasteiger partial charge on any atom is 0.472 e. The third-order valence-corrected chi connectivity index (χ3v) is 13.1. The Labute approximate surface area is 386 Å². The summed E-state index contributed by atoms with van der Waals surface area (Å²) >= 11 is 0. The SMILES string of the molecule is CCCCCCCCCCCCCCCCCCCCCCCCC(=O)O[C@H](COC(=O)CCCCCCCCCCCCCCCCCCC)COP(=O)(O)OC[C@H](N)C(=O)O. The minimum absolute atomic E-state index is 0.170. The van der Waals surface area contributed by atoms with E-state index in [1.54, 1.807) is 0 Å². The van der Waals surface area contributed by atoms with Crippen LogP contribution in [0.2, 0.25) is 0 Å². The van der Waals surface area contributed by atoms with Crippen molar-refractivity contribution in [1.82, 2.24) is 0 Å². The van der Waals surface area contributed by atoms with Gasteiger partial charge in [0.25, 0.3) is 0 Å². The molecule has 0 radical (unpaired) electrons. The van der Waals surface area contributed by atoms with E-state index in [-0.39, 0.29) is 19.4 Å². The Morgan fingerprint density at radius 3 is 1.00 bits per heavy atom. The van der Waals surface area contributed by atoms with Gasteiger partial charge in [0.15, 0.2) is 6.10 Å². The molecule has 0 amide bonds. The number of carbonyl (C=O) groups is 3. The summed E-state index contributed by atoms with van der Waals surface area (Å²) in [5.41, 5.74) is 5.36. The smallest absolute Gasteiger partial charge is 0.472 e. The van der Waals surface area contributed by atoms with Crippen molar-refractivity contribution in [3.8, 4) is 0 Å². The highest BCUT2D eigenvalue weighted by Gasteiger charge is 2.28. The number of unbranched alkanes of at least 4 members (excludes halogenated alkanes) is 37. The molecular weight excluding hydrogens is 818 g/mol. The zero-order valence-corrected chi connectivity index (χ0v) is 41.8. The van der Waals surface area contributed by atoms with E-state index in [1.165, 1.54) is 199 Å². The van der Waals surface area contributed by atoms with E-state index in [0.29, 0.717) is 12.8 Å². The molecule has 0 aliphatic carbocycles. The lowest BCUT2D eigenvalue weighted by Crippen LogP contribution is -2.34. The number of esters is 2. The maximum absolute atomic E-state index is 12.7. The van der Waals surface area contributed by atoms with E-state index in [1.807, 2.05) is 0 Å². The third kappa shape index (κ3) is 46.8. The molecular formula is C51H100NO10P. The number of carbonyl (C=O) groups excluding carboxylic acids is 2. The molecule has 3 atom stereocenters. The van der Waals surface area contributed by atoms with Crippen molar-refractivity contribution in [2.24, 2.45) is 5.73 Å². The molecule has 0 fully saturated rings. The molecule has 0 saturated heterocycles. The number of carboxylic acids is 1. The van der Waals surface area contributed by atoms with Crippen LogP contribution < -0.4 is 5.73 Å². The zero-order valence-electron chi connectivity index (χ0n) is 41.0. The van der Waals surface area contributed by atoms with E-state index >= 15 is 0 Å². The van der Waals surface area contributed by atoms with E-state index in [0.717, 1.165) is 38.5 Å². The Morgan fingerprint density at radius 1 is 0.429 bits per heavy atom. The first-order chi connectivity index (χ1) is 30.6. The quantitative estimate of drug-likeness (QED) is 0.0301. The lowest BCUT2D eigenvalue weighted by atomic mass is 10.0. The summed E-state index contributed by atoms with van der Waals surface area (Å²) in [6.45, 7) is 2.88. The van der Waals surface area contributed by atoms with Crippen molar-refractivity contribution in [3.05, 3.63) is 0 Å². The van der Waals surface area contributed by atoms with Gasteiger partial charge in [-0.3, -0.25) is 23.4 Å². The van der Waals surface area contributed by atoms with Crippen molar-refractivity contribution in [3.63, 3.8) is 0 Å². The van der Waals surface area contributed by atoms with Crippen LogP contribution in [0.25, 0.3) is 0 Å². The highest BCUT2D eigenvalue weighted by Crippen LogP contribution is 2.43. The first-order valence-corrected chi connectivity index (χ1v) is 28.1. The van der Waals surface area contributed by atoms with E-state index in [4.69, 9.17) is 29.4 Å². The molecule has 4 N–H and O–H groups in total.